The zero-order valence-corrected chi connectivity index (χ0v) is 36.1. The van der Waals surface area contributed by atoms with Crippen LogP contribution >= 0.6 is 0 Å². The zero-order chi connectivity index (χ0) is 40.7. The molecule has 0 radical (unpaired) electrons. The van der Waals surface area contributed by atoms with Crippen molar-refractivity contribution in [2.24, 2.45) is 0 Å². The van der Waals surface area contributed by atoms with Gasteiger partial charge in [0, 0.05) is 12.8 Å². The van der Waals surface area contributed by atoms with Gasteiger partial charge in [0.1, 0.15) is 6.61 Å². The van der Waals surface area contributed by atoms with Crippen LogP contribution in [0.25, 0.3) is 0 Å². The second-order valence-electron chi connectivity index (χ2n) is 14.7. The molecule has 0 bridgehead atoms. The fraction of sp³-hybridized carbons (Fsp3) is 0.647. The normalized spacial score (nSPS) is 13.1. The number of aliphatic hydroxyl groups excluding tert-OH is 1. The number of carbonyl (C=O) groups excluding carboxylic acids is 2. The molecular weight excluding hydrogens is 693 g/mol. The molecule has 0 saturated carbocycles. The Kier molecular flexibility index (Phi) is 43.6. The molecule has 1 atom stereocenters. The van der Waals surface area contributed by atoms with Crippen molar-refractivity contribution in [3.63, 3.8) is 0 Å². The summed E-state index contributed by atoms with van der Waals surface area (Å²) < 4.78 is 10.6. The van der Waals surface area contributed by atoms with E-state index in [1.54, 1.807) is 0 Å². The van der Waals surface area contributed by atoms with Crippen LogP contribution in [0.3, 0.4) is 0 Å². The second-order valence-corrected chi connectivity index (χ2v) is 14.7. The summed E-state index contributed by atoms with van der Waals surface area (Å²) in [6.45, 7) is 3.97. The van der Waals surface area contributed by atoms with E-state index in [0.29, 0.717) is 12.8 Å². The highest BCUT2D eigenvalue weighted by molar-refractivity contribution is 5.70. The Balaban J connectivity index is 3.62. The minimum Gasteiger partial charge on any atom is -0.462 e. The molecule has 0 aromatic rings. The molecule has 0 aliphatic rings. The van der Waals surface area contributed by atoms with Gasteiger partial charge in [-0.05, 0) is 96.3 Å². The van der Waals surface area contributed by atoms with E-state index >= 15 is 0 Å². The number of hydrogen-bond acceptors (Lipinski definition) is 5. The summed E-state index contributed by atoms with van der Waals surface area (Å²) in [6.07, 6.45) is 64.7. The molecule has 0 spiro atoms. The molecule has 1 N–H and O–H groups in total. The summed E-state index contributed by atoms with van der Waals surface area (Å²) in [4.78, 5) is 24.4. The Bertz CT molecular complexity index is 1110. The number of allylic oxidation sites excluding steroid dienone is 16. The lowest BCUT2D eigenvalue weighted by atomic mass is 10.1. The predicted octanol–water partition coefficient (Wildman–Crippen LogP) is 14.8. The van der Waals surface area contributed by atoms with Crippen molar-refractivity contribution < 1.29 is 24.2 Å². The largest absolute Gasteiger partial charge is 0.462 e. The summed E-state index contributed by atoms with van der Waals surface area (Å²) >= 11 is 0. The van der Waals surface area contributed by atoms with Crippen LogP contribution in [0.1, 0.15) is 194 Å². The average molecular weight is 777 g/mol. The highest BCUT2D eigenvalue weighted by atomic mass is 16.6. The van der Waals surface area contributed by atoms with Crippen LogP contribution in [0, 0.1) is 0 Å². The summed E-state index contributed by atoms with van der Waals surface area (Å²) in [5.74, 6) is -0.625. The Morgan fingerprint density at radius 2 is 0.768 bits per heavy atom. The first-order valence-corrected chi connectivity index (χ1v) is 22.8. The van der Waals surface area contributed by atoms with E-state index in [2.05, 4.69) is 111 Å². The lowest BCUT2D eigenvalue weighted by molar-refractivity contribution is -0.161. The van der Waals surface area contributed by atoms with Crippen LogP contribution in [-0.2, 0) is 19.1 Å². The first-order valence-electron chi connectivity index (χ1n) is 22.8. The molecule has 0 saturated heterocycles. The minimum absolute atomic E-state index is 0.0832. The molecule has 5 heteroatoms. The van der Waals surface area contributed by atoms with Crippen molar-refractivity contribution in [1.29, 1.82) is 0 Å². The molecule has 0 amide bonds. The first-order chi connectivity index (χ1) is 27.6. The highest BCUT2D eigenvalue weighted by Gasteiger charge is 2.16. The molecule has 0 aliphatic carbocycles. The summed E-state index contributed by atoms with van der Waals surface area (Å²) in [7, 11) is 0. The molecule has 318 valence electrons. The molecule has 0 aromatic heterocycles. The van der Waals surface area contributed by atoms with Gasteiger partial charge in [-0.1, -0.05) is 182 Å². The van der Waals surface area contributed by atoms with Gasteiger partial charge in [-0.3, -0.25) is 9.59 Å². The van der Waals surface area contributed by atoms with E-state index in [1.807, 2.05) is 0 Å². The molecule has 1 unspecified atom stereocenters. The van der Waals surface area contributed by atoms with Gasteiger partial charge in [0.15, 0.2) is 6.10 Å². The number of hydrogen-bond donors (Lipinski definition) is 1. The van der Waals surface area contributed by atoms with Gasteiger partial charge in [0.05, 0.1) is 6.61 Å². The van der Waals surface area contributed by atoms with Crippen LogP contribution < -0.4 is 0 Å². The fourth-order valence-corrected chi connectivity index (χ4v) is 5.94. The van der Waals surface area contributed by atoms with E-state index < -0.39 is 6.10 Å². The SMILES string of the molecule is CC/C=C\C/C=C\C/C=C\C/C=C\C/C=C\CCCCCCCCCC(=O)OC(CO)COC(=O)CCCCCCCC/C=C\C/C=C\C/C=C\CCCCC. The van der Waals surface area contributed by atoms with Crippen molar-refractivity contribution in [1.82, 2.24) is 0 Å². The lowest BCUT2D eigenvalue weighted by Gasteiger charge is -2.15. The second kappa shape index (κ2) is 46.2. The number of rotatable bonds is 40. The van der Waals surface area contributed by atoms with Gasteiger partial charge in [-0.25, -0.2) is 0 Å². The summed E-state index contributed by atoms with van der Waals surface area (Å²) in [5.41, 5.74) is 0. The van der Waals surface area contributed by atoms with Crippen LogP contribution in [0.5, 0.6) is 0 Å². The molecule has 56 heavy (non-hydrogen) atoms. The van der Waals surface area contributed by atoms with Gasteiger partial charge in [0.25, 0.3) is 0 Å². The topological polar surface area (TPSA) is 72.8 Å². The van der Waals surface area contributed by atoms with Gasteiger partial charge in [-0.15, -0.1) is 0 Å². The van der Waals surface area contributed by atoms with Gasteiger partial charge in [0.2, 0.25) is 0 Å². The molecule has 0 aromatic carbocycles. The van der Waals surface area contributed by atoms with E-state index in [4.69, 9.17) is 9.47 Å². The quantitative estimate of drug-likeness (QED) is 0.0381. The molecule has 5 nitrogen and oxygen atoms in total. The van der Waals surface area contributed by atoms with E-state index in [-0.39, 0.29) is 25.2 Å². The van der Waals surface area contributed by atoms with Crippen molar-refractivity contribution in [3.05, 3.63) is 97.2 Å². The van der Waals surface area contributed by atoms with Crippen LogP contribution in [0.15, 0.2) is 97.2 Å². The Morgan fingerprint density at radius 1 is 0.429 bits per heavy atom. The molecule has 0 aliphatic heterocycles. The average Bonchev–Trinajstić information content (AvgIpc) is 3.20. The molecule has 0 fully saturated rings. The number of aliphatic hydroxyl groups is 1. The van der Waals surface area contributed by atoms with Crippen LogP contribution in [-0.4, -0.2) is 36.4 Å². The monoisotopic (exact) mass is 777 g/mol. The standard InChI is InChI=1S/C51H84O5/c1-3-5-7-9-11-13-15-17-19-21-23-24-25-26-28-30-32-34-36-38-40-42-44-46-51(54)56-49(47-52)48-55-50(53)45-43-41-39-37-35-33-31-29-27-22-20-18-16-14-12-10-8-6-4-2/h5,7,11-14,17-20,23-24,26-29,49,52H,3-4,6,8-10,15-16,21-22,25,30-48H2,1-2H3/b7-5-,13-11-,14-12-,19-17-,20-18-,24-23-,28-26-,29-27-. The van der Waals surface area contributed by atoms with Crippen LogP contribution in [0.4, 0.5) is 0 Å². The van der Waals surface area contributed by atoms with E-state index in [1.165, 1.54) is 70.6 Å². The fourth-order valence-electron chi connectivity index (χ4n) is 5.94. The van der Waals surface area contributed by atoms with E-state index in [0.717, 1.165) is 96.3 Å². The van der Waals surface area contributed by atoms with Gasteiger partial charge >= 0.3 is 11.9 Å². The summed E-state index contributed by atoms with van der Waals surface area (Å²) in [6, 6.07) is 0. The first kappa shape index (κ1) is 52.8. The minimum atomic E-state index is -0.790. The third-order valence-corrected chi connectivity index (χ3v) is 9.36. The Morgan fingerprint density at radius 3 is 1.16 bits per heavy atom. The highest BCUT2D eigenvalue weighted by Crippen LogP contribution is 2.12. The Hall–Kier alpha value is -3.18. The molecule has 0 rings (SSSR count). The lowest BCUT2D eigenvalue weighted by Crippen LogP contribution is -2.28. The van der Waals surface area contributed by atoms with Crippen molar-refractivity contribution in [3.8, 4) is 0 Å². The molecular formula is C51H84O5. The predicted molar refractivity (Wildman–Crippen MR) is 242 cm³/mol. The maximum atomic E-state index is 12.2. The van der Waals surface area contributed by atoms with E-state index in [9.17, 15) is 14.7 Å². The maximum Gasteiger partial charge on any atom is 0.306 e. The zero-order valence-electron chi connectivity index (χ0n) is 36.1. The van der Waals surface area contributed by atoms with Gasteiger partial charge in [-0.2, -0.15) is 0 Å². The Labute approximate surface area is 345 Å². The smallest absolute Gasteiger partial charge is 0.306 e. The third kappa shape index (κ3) is 43.5. The number of carbonyl (C=O) groups is 2. The number of ether oxygens (including phenoxy) is 2. The number of esters is 2. The van der Waals surface area contributed by atoms with Crippen molar-refractivity contribution in [2.45, 2.75) is 200 Å². The van der Waals surface area contributed by atoms with Crippen molar-refractivity contribution >= 4 is 11.9 Å². The summed E-state index contributed by atoms with van der Waals surface area (Å²) in [5, 5.41) is 9.60. The van der Waals surface area contributed by atoms with Crippen LogP contribution in [0.2, 0.25) is 0 Å². The van der Waals surface area contributed by atoms with Crippen molar-refractivity contribution in [2.75, 3.05) is 13.2 Å². The van der Waals surface area contributed by atoms with Gasteiger partial charge < -0.3 is 14.6 Å². The number of unbranched alkanes of at least 4 members (excludes halogenated alkanes) is 16. The molecule has 0 heterocycles. The third-order valence-electron chi connectivity index (χ3n) is 9.36. The maximum absolute atomic E-state index is 12.2.